The smallest absolute Gasteiger partial charge is 0.321 e. The summed E-state index contributed by atoms with van der Waals surface area (Å²) < 4.78 is 36.8. The van der Waals surface area contributed by atoms with Crippen molar-refractivity contribution in [3.8, 4) is 0 Å². The van der Waals surface area contributed by atoms with Gasteiger partial charge in [0.05, 0.1) is 22.6 Å². The molecule has 12 heteroatoms. The number of ether oxygens (including phenoxy) is 1. The van der Waals surface area contributed by atoms with Crippen LogP contribution in [-0.2, 0) is 30.9 Å². The number of benzene rings is 1. The normalized spacial score (nSPS) is 11.7. The molecule has 31 heavy (non-hydrogen) atoms. The van der Waals surface area contributed by atoms with Gasteiger partial charge in [0.25, 0.3) is 5.69 Å². The molecule has 2 aromatic rings. The van der Waals surface area contributed by atoms with E-state index >= 15 is 0 Å². The van der Waals surface area contributed by atoms with Crippen molar-refractivity contribution in [2.24, 2.45) is 5.41 Å². The molecule has 0 fully saturated rings. The third-order valence-corrected chi connectivity index (χ3v) is 5.52. The van der Waals surface area contributed by atoms with E-state index in [2.05, 4.69) is 5.32 Å². The molecule has 1 heterocycles. The minimum absolute atomic E-state index is 0.0976. The van der Waals surface area contributed by atoms with Gasteiger partial charge in [-0.05, 0) is 24.3 Å². The van der Waals surface area contributed by atoms with Gasteiger partial charge in [0.1, 0.15) is 18.0 Å². The van der Waals surface area contributed by atoms with Crippen LogP contribution in [0.3, 0.4) is 0 Å². The summed E-state index contributed by atoms with van der Waals surface area (Å²) in [5.41, 5.74) is -1.07. The highest BCUT2D eigenvalue weighted by Crippen LogP contribution is 2.28. The Hall–Kier alpha value is -3.25. The van der Waals surface area contributed by atoms with Crippen molar-refractivity contribution >= 4 is 33.2 Å². The van der Waals surface area contributed by atoms with E-state index in [1.54, 1.807) is 32.9 Å². The van der Waals surface area contributed by atoms with Crippen molar-refractivity contribution in [1.29, 1.82) is 0 Å². The average Bonchev–Trinajstić information content (AvgIpc) is 3.21. The van der Waals surface area contributed by atoms with Crippen molar-refractivity contribution in [2.75, 3.05) is 18.5 Å². The van der Waals surface area contributed by atoms with Crippen LogP contribution in [0.25, 0.3) is 0 Å². The Balaban J connectivity index is 2.04. The molecular weight excluding hydrogens is 430 g/mol. The lowest BCUT2D eigenvalue weighted by Gasteiger charge is -2.16. The summed E-state index contributed by atoms with van der Waals surface area (Å²) in [6.07, 6.45) is 1.46. The molecule has 1 aromatic heterocycles. The second kappa shape index (κ2) is 9.71. The number of sulfonamides is 1. The number of nitro groups is 1. The van der Waals surface area contributed by atoms with Gasteiger partial charge in [-0.1, -0.05) is 20.8 Å². The van der Waals surface area contributed by atoms with Crippen molar-refractivity contribution in [3.63, 3.8) is 0 Å². The molecular formula is C19H23N3O8S. The maximum Gasteiger partial charge on any atom is 0.321 e. The number of carbonyl (C=O) groups excluding carboxylic acids is 2. The summed E-state index contributed by atoms with van der Waals surface area (Å²) >= 11 is 0. The van der Waals surface area contributed by atoms with Crippen LogP contribution in [-0.4, -0.2) is 38.2 Å². The molecule has 0 aliphatic rings. The summed E-state index contributed by atoms with van der Waals surface area (Å²) in [4.78, 5) is 33.8. The first kappa shape index (κ1) is 24.0. The fraction of sp³-hybridized carbons (Fsp3) is 0.368. The van der Waals surface area contributed by atoms with Gasteiger partial charge >= 0.3 is 5.97 Å². The third kappa shape index (κ3) is 6.89. The summed E-state index contributed by atoms with van der Waals surface area (Å²) in [5.74, 6) is -0.736. The van der Waals surface area contributed by atoms with Gasteiger partial charge in [-0.2, -0.15) is 4.72 Å². The number of nitrogens with zero attached hydrogens (tertiary/aromatic N) is 1. The SMILES string of the molecule is CC(C)(C)C(=O)COC(=O)CNS(=O)(=O)c1ccc(NCc2ccco2)c([N+](=O)[O-])c1. The van der Waals surface area contributed by atoms with Gasteiger partial charge in [-0.15, -0.1) is 0 Å². The van der Waals surface area contributed by atoms with Crippen molar-refractivity contribution in [3.05, 3.63) is 52.5 Å². The highest BCUT2D eigenvalue weighted by molar-refractivity contribution is 7.89. The Labute approximate surface area is 179 Å². The van der Waals surface area contributed by atoms with Crippen molar-refractivity contribution < 1.29 is 32.1 Å². The maximum atomic E-state index is 12.4. The van der Waals surface area contributed by atoms with Crippen LogP contribution < -0.4 is 10.0 Å². The number of ketones is 1. The number of anilines is 1. The van der Waals surface area contributed by atoms with Crippen LogP contribution >= 0.6 is 0 Å². The quantitative estimate of drug-likeness (QED) is 0.312. The van der Waals surface area contributed by atoms with Gasteiger partial charge in [0.15, 0.2) is 12.4 Å². The van der Waals surface area contributed by atoms with Gasteiger partial charge in [-0.25, -0.2) is 8.42 Å². The molecule has 0 amide bonds. The van der Waals surface area contributed by atoms with E-state index in [1.807, 2.05) is 4.72 Å². The minimum atomic E-state index is -4.24. The lowest BCUT2D eigenvalue weighted by atomic mass is 9.91. The molecule has 0 radical (unpaired) electrons. The van der Waals surface area contributed by atoms with Crippen LogP contribution in [0, 0.1) is 15.5 Å². The van der Waals surface area contributed by atoms with Crippen LogP contribution in [0.4, 0.5) is 11.4 Å². The number of nitro benzene ring substituents is 1. The molecule has 2 N–H and O–H groups in total. The Morgan fingerprint density at radius 1 is 1.23 bits per heavy atom. The Morgan fingerprint density at radius 2 is 1.94 bits per heavy atom. The lowest BCUT2D eigenvalue weighted by Crippen LogP contribution is -2.33. The molecule has 0 aliphatic carbocycles. The molecule has 0 saturated heterocycles. The first-order valence-corrected chi connectivity index (χ1v) is 10.6. The topological polar surface area (TPSA) is 158 Å². The molecule has 0 unspecified atom stereocenters. The molecule has 1 aromatic carbocycles. The third-order valence-electron chi connectivity index (χ3n) is 4.12. The van der Waals surface area contributed by atoms with Crippen LogP contribution in [0.15, 0.2) is 45.9 Å². The number of esters is 1. The average molecular weight is 453 g/mol. The Bertz CT molecular complexity index is 1060. The molecule has 168 valence electrons. The first-order valence-electron chi connectivity index (χ1n) is 9.13. The highest BCUT2D eigenvalue weighted by Gasteiger charge is 2.24. The lowest BCUT2D eigenvalue weighted by molar-refractivity contribution is -0.384. The summed E-state index contributed by atoms with van der Waals surface area (Å²) in [5, 5.41) is 14.2. The zero-order chi connectivity index (χ0) is 23.2. The number of carbonyl (C=O) groups is 2. The molecule has 2 rings (SSSR count). The molecule has 0 atom stereocenters. The fourth-order valence-electron chi connectivity index (χ4n) is 2.23. The molecule has 0 bridgehead atoms. The van der Waals surface area contributed by atoms with E-state index in [0.717, 1.165) is 12.1 Å². The van der Waals surface area contributed by atoms with E-state index in [4.69, 9.17) is 9.15 Å². The molecule has 0 aliphatic heterocycles. The Morgan fingerprint density at radius 3 is 2.52 bits per heavy atom. The van der Waals surface area contributed by atoms with E-state index < -0.39 is 50.1 Å². The second-order valence-electron chi connectivity index (χ2n) is 7.53. The zero-order valence-corrected chi connectivity index (χ0v) is 18.0. The second-order valence-corrected chi connectivity index (χ2v) is 9.29. The maximum absolute atomic E-state index is 12.4. The first-order chi connectivity index (χ1) is 14.4. The van der Waals surface area contributed by atoms with E-state index in [9.17, 15) is 28.1 Å². The Kier molecular flexibility index (Phi) is 7.52. The van der Waals surface area contributed by atoms with E-state index in [0.29, 0.717) is 5.76 Å². The zero-order valence-electron chi connectivity index (χ0n) is 17.2. The largest absolute Gasteiger partial charge is 0.467 e. The number of rotatable bonds is 10. The highest BCUT2D eigenvalue weighted by atomic mass is 32.2. The number of Topliss-reactive ketones (excluding diaryl/α,β-unsaturated/α-hetero) is 1. The number of furan rings is 1. The standard InChI is InChI=1S/C19H23N3O8S/c1-19(2,3)17(23)12-30-18(24)11-21-31(27,28)14-6-7-15(16(9-14)22(25)26)20-10-13-5-4-8-29-13/h4-9,20-21H,10-12H2,1-3H3. The van der Waals surface area contributed by atoms with Crippen LogP contribution in [0.5, 0.6) is 0 Å². The predicted octanol–water partition coefficient (Wildman–Crippen LogP) is 2.24. The fourth-order valence-corrected chi connectivity index (χ4v) is 3.21. The minimum Gasteiger partial charge on any atom is -0.467 e. The van der Waals surface area contributed by atoms with E-state index in [-0.39, 0.29) is 18.0 Å². The van der Waals surface area contributed by atoms with Gasteiger partial charge in [-0.3, -0.25) is 19.7 Å². The number of nitrogens with one attached hydrogen (secondary N) is 2. The number of hydrogen-bond acceptors (Lipinski definition) is 9. The van der Waals surface area contributed by atoms with Crippen LogP contribution in [0.2, 0.25) is 0 Å². The van der Waals surface area contributed by atoms with Gasteiger partial charge in [0, 0.05) is 11.5 Å². The van der Waals surface area contributed by atoms with E-state index in [1.165, 1.54) is 12.3 Å². The summed E-state index contributed by atoms with van der Waals surface area (Å²) in [6, 6.07) is 6.62. The molecule has 0 saturated carbocycles. The molecule has 0 spiro atoms. The number of hydrogen-bond donors (Lipinski definition) is 2. The monoisotopic (exact) mass is 453 g/mol. The predicted molar refractivity (Wildman–Crippen MR) is 110 cm³/mol. The summed E-state index contributed by atoms with van der Waals surface area (Å²) in [7, 11) is -4.24. The summed E-state index contributed by atoms with van der Waals surface area (Å²) in [6.45, 7) is 3.93. The van der Waals surface area contributed by atoms with Gasteiger partial charge < -0.3 is 14.5 Å². The van der Waals surface area contributed by atoms with Crippen molar-refractivity contribution in [1.82, 2.24) is 4.72 Å². The molecule has 11 nitrogen and oxygen atoms in total. The van der Waals surface area contributed by atoms with Crippen LogP contribution in [0.1, 0.15) is 26.5 Å². The van der Waals surface area contributed by atoms with Gasteiger partial charge in [0.2, 0.25) is 10.0 Å². The van der Waals surface area contributed by atoms with Crippen molar-refractivity contribution in [2.45, 2.75) is 32.2 Å².